The van der Waals surface area contributed by atoms with E-state index in [-0.39, 0.29) is 5.54 Å². The van der Waals surface area contributed by atoms with E-state index in [1.165, 1.54) is 44.3 Å². The molecule has 16 heavy (non-hydrogen) atoms. The first-order valence-electron chi connectivity index (χ1n) is 6.55. The van der Waals surface area contributed by atoms with Crippen LogP contribution in [-0.4, -0.2) is 42.1 Å². The summed E-state index contributed by atoms with van der Waals surface area (Å²) in [4.78, 5) is 2.46. The van der Waals surface area contributed by atoms with Crippen molar-refractivity contribution in [3.8, 4) is 0 Å². The van der Waals surface area contributed by atoms with Crippen molar-refractivity contribution >= 4 is 11.8 Å². The normalized spacial score (nSPS) is 22.3. The Kier molecular flexibility index (Phi) is 6.16. The Morgan fingerprint density at radius 1 is 1.31 bits per heavy atom. The van der Waals surface area contributed by atoms with Gasteiger partial charge in [0.05, 0.1) is 0 Å². The highest BCUT2D eigenvalue weighted by Gasteiger charge is 2.29. The van der Waals surface area contributed by atoms with Gasteiger partial charge in [0, 0.05) is 18.1 Å². The number of rotatable bonds is 6. The van der Waals surface area contributed by atoms with Crippen LogP contribution in [0.1, 0.15) is 45.4 Å². The van der Waals surface area contributed by atoms with Crippen molar-refractivity contribution in [2.24, 2.45) is 5.73 Å². The summed E-state index contributed by atoms with van der Waals surface area (Å²) in [7, 11) is 2.23. The summed E-state index contributed by atoms with van der Waals surface area (Å²) < 4.78 is 0. The Hall–Kier alpha value is 0.270. The van der Waals surface area contributed by atoms with Crippen LogP contribution in [0.2, 0.25) is 0 Å². The van der Waals surface area contributed by atoms with Crippen LogP contribution >= 0.6 is 11.8 Å². The molecule has 2 N–H and O–H groups in total. The van der Waals surface area contributed by atoms with Crippen molar-refractivity contribution in [2.45, 2.75) is 57.0 Å². The highest BCUT2D eigenvalue weighted by atomic mass is 32.2. The average molecular weight is 244 g/mol. The second kappa shape index (κ2) is 6.87. The van der Waals surface area contributed by atoms with Crippen LogP contribution in [0.5, 0.6) is 0 Å². The van der Waals surface area contributed by atoms with Crippen LogP contribution < -0.4 is 5.73 Å². The van der Waals surface area contributed by atoms with Gasteiger partial charge in [-0.15, -0.1) is 0 Å². The van der Waals surface area contributed by atoms with Gasteiger partial charge in [-0.1, -0.05) is 19.3 Å². The highest BCUT2D eigenvalue weighted by Crippen LogP contribution is 2.27. The smallest absolute Gasteiger partial charge is 0.0283 e. The van der Waals surface area contributed by atoms with Gasteiger partial charge >= 0.3 is 0 Å². The standard InChI is InChI=1S/C13H28N2S/c1-12(7-10-16-3)15(2)11-13(14)8-5-4-6-9-13/h12H,4-11,14H2,1-3H3. The maximum absolute atomic E-state index is 6.48. The Morgan fingerprint density at radius 3 is 2.50 bits per heavy atom. The monoisotopic (exact) mass is 244 g/mol. The Labute approximate surface area is 105 Å². The molecule has 0 saturated heterocycles. The lowest BCUT2D eigenvalue weighted by atomic mass is 9.82. The van der Waals surface area contributed by atoms with Gasteiger partial charge in [0.15, 0.2) is 0 Å². The predicted molar refractivity (Wildman–Crippen MR) is 75.1 cm³/mol. The molecular formula is C13H28N2S. The largest absolute Gasteiger partial charge is 0.324 e. The van der Waals surface area contributed by atoms with Crippen molar-refractivity contribution in [1.29, 1.82) is 0 Å². The third-order valence-corrected chi connectivity index (χ3v) is 4.55. The zero-order chi connectivity index (χ0) is 12.0. The second-order valence-corrected chi connectivity index (χ2v) is 6.45. The van der Waals surface area contributed by atoms with E-state index in [1.54, 1.807) is 0 Å². The molecule has 1 atom stereocenters. The van der Waals surface area contributed by atoms with E-state index in [2.05, 4.69) is 25.1 Å². The minimum absolute atomic E-state index is 0.0978. The van der Waals surface area contributed by atoms with E-state index in [9.17, 15) is 0 Å². The van der Waals surface area contributed by atoms with Crippen LogP contribution in [0.4, 0.5) is 0 Å². The lowest BCUT2D eigenvalue weighted by Crippen LogP contribution is -2.52. The molecule has 0 aromatic rings. The number of hydrogen-bond donors (Lipinski definition) is 1. The van der Waals surface area contributed by atoms with E-state index >= 15 is 0 Å². The minimum Gasteiger partial charge on any atom is -0.324 e. The molecule has 0 aliphatic heterocycles. The van der Waals surface area contributed by atoms with Gasteiger partial charge in [-0.05, 0) is 45.2 Å². The molecule has 1 rings (SSSR count). The van der Waals surface area contributed by atoms with E-state index < -0.39 is 0 Å². The molecular weight excluding hydrogens is 216 g/mol. The fourth-order valence-electron chi connectivity index (χ4n) is 2.58. The molecule has 2 nitrogen and oxygen atoms in total. The maximum Gasteiger partial charge on any atom is 0.0283 e. The SMILES string of the molecule is CSCCC(C)N(C)CC1(N)CCCCC1. The molecule has 0 bridgehead atoms. The predicted octanol–water partition coefficient (Wildman–Crippen LogP) is 2.72. The van der Waals surface area contributed by atoms with Crippen molar-refractivity contribution < 1.29 is 0 Å². The van der Waals surface area contributed by atoms with Gasteiger partial charge in [0.25, 0.3) is 0 Å². The third kappa shape index (κ3) is 4.64. The zero-order valence-corrected chi connectivity index (χ0v) is 12.0. The summed E-state index contributed by atoms with van der Waals surface area (Å²) in [5.41, 5.74) is 6.58. The van der Waals surface area contributed by atoms with Gasteiger partial charge in [0.2, 0.25) is 0 Å². The first-order valence-corrected chi connectivity index (χ1v) is 7.95. The van der Waals surface area contributed by atoms with Crippen molar-refractivity contribution in [1.82, 2.24) is 4.90 Å². The van der Waals surface area contributed by atoms with Gasteiger partial charge in [-0.25, -0.2) is 0 Å². The molecule has 0 spiro atoms. The summed E-state index contributed by atoms with van der Waals surface area (Å²) in [6.07, 6.45) is 9.91. The quantitative estimate of drug-likeness (QED) is 0.779. The fraction of sp³-hybridized carbons (Fsp3) is 1.00. The van der Waals surface area contributed by atoms with Crippen LogP contribution in [0.3, 0.4) is 0 Å². The van der Waals surface area contributed by atoms with Crippen LogP contribution in [0, 0.1) is 0 Å². The fourth-order valence-corrected chi connectivity index (χ4v) is 3.15. The molecule has 1 unspecified atom stereocenters. The Bertz CT molecular complexity index is 190. The molecule has 0 aromatic heterocycles. The van der Waals surface area contributed by atoms with Gasteiger partial charge < -0.3 is 10.6 Å². The maximum atomic E-state index is 6.48. The lowest BCUT2D eigenvalue weighted by Gasteiger charge is -2.39. The molecule has 1 fully saturated rings. The average Bonchev–Trinajstić information content (AvgIpc) is 2.26. The molecule has 0 radical (unpaired) electrons. The number of likely N-dealkylation sites (N-methyl/N-ethyl adjacent to an activating group) is 1. The van der Waals surface area contributed by atoms with E-state index in [4.69, 9.17) is 5.73 Å². The number of nitrogens with zero attached hydrogens (tertiary/aromatic N) is 1. The molecule has 1 aliphatic rings. The van der Waals surface area contributed by atoms with Gasteiger partial charge in [-0.3, -0.25) is 0 Å². The summed E-state index contributed by atoms with van der Waals surface area (Å²) in [5, 5.41) is 0. The van der Waals surface area contributed by atoms with E-state index in [0.717, 1.165) is 6.54 Å². The number of thioether (sulfide) groups is 1. The van der Waals surface area contributed by atoms with Gasteiger partial charge in [0.1, 0.15) is 0 Å². The third-order valence-electron chi connectivity index (χ3n) is 3.91. The Morgan fingerprint density at radius 2 is 1.94 bits per heavy atom. The second-order valence-electron chi connectivity index (χ2n) is 5.47. The summed E-state index contributed by atoms with van der Waals surface area (Å²) in [6.45, 7) is 3.39. The molecule has 1 saturated carbocycles. The van der Waals surface area contributed by atoms with Crippen LogP contribution in [0.25, 0.3) is 0 Å². The van der Waals surface area contributed by atoms with Crippen LogP contribution in [0.15, 0.2) is 0 Å². The minimum atomic E-state index is 0.0978. The molecule has 0 heterocycles. The van der Waals surface area contributed by atoms with Crippen molar-refractivity contribution in [2.75, 3.05) is 25.6 Å². The van der Waals surface area contributed by atoms with Crippen molar-refractivity contribution in [3.05, 3.63) is 0 Å². The topological polar surface area (TPSA) is 29.3 Å². The van der Waals surface area contributed by atoms with Crippen molar-refractivity contribution in [3.63, 3.8) is 0 Å². The molecule has 1 aliphatic carbocycles. The first kappa shape index (κ1) is 14.3. The number of nitrogens with two attached hydrogens (primary N) is 1. The molecule has 3 heteroatoms. The first-order chi connectivity index (χ1) is 7.57. The van der Waals surface area contributed by atoms with Crippen LogP contribution in [-0.2, 0) is 0 Å². The molecule has 0 amide bonds. The van der Waals surface area contributed by atoms with E-state index in [1.807, 2.05) is 11.8 Å². The zero-order valence-electron chi connectivity index (χ0n) is 11.2. The number of hydrogen-bond acceptors (Lipinski definition) is 3. The highest BCUT2D eigenvalue weighted by molar-refractivity contribution is 7.98. The lowest BCUT2D eigenvalue weighted by molar-refractivity contribution is 0.162. The summed E-state index contributed by atoms with van der Waals surface area (Å²) in [6, 6.07) is 0.662. The van der Waals surface area contributed by atoms with E-state index in [0.29, 0.717) is 6.04 Å². The Balaban J connectivity index is 2.33. The molecule has 96 valence electrons. The van der Waals surface area contributed by atoms with Gasteiger partial charge in [-0.2, -0.15) is 11.8 Å². The summed E-state index contributed by atoms with van der Waals surface area (Å²) >= 11 is 1.93. The summed E-state index contributed by atoms with van der Waals surface area (Å²) in [5.74, 6) is 1.25. The molecule has 0 aromatic carbocycles.